The monoisotopic (exact) mass is 400 g/mol. The van der Waals surface area contributed by atoms with Crippen LogP contribution in [0, 0.1) is 11.8 Å². The van der Waals surface area contributed by atoms with Crippen molar-refractivity contribution in [3.05, 3.63) is 66.4 Å². The predicted octanol–water partition coefficient (Wildman–Crippen LogP) is 4.13. The van der Waals surface area contributed by atoms with Gasteiger partial charge in [0.05, 0.1) is 23.1 Å². The van der Waals surface area contributed by atoms with Gasteiger partial charge in [-0.05, 0) is 43.2 Å². The fourth-order valence-electron chi connectivity index (χ4n) is 4.51. The maximum Gasteiger partial charge on any atom is 0.343 e. The Morgan fingerprint density at radius 3 is 2.40 bits per heavy atom. The van der Waals surface area contributed by atoms with Crippen LogP contribution in [0.5, 0.6) is 5.75 Å². The van der Waals surface area contributed by atoms with Crippen LogP contribution in [-0.4, -0.2) is 22.8 Å². The highest BCUT2D eigenvalue weighted by Crippen LogP contribution is 2.40. The number of esters is 1. The second-order valence-electron chi connectivity index (χ2n) is 7.78. The zero-order valence-corrected chi connectivity index (χ0v) is 16.3. The Labute approximate surface area is 173 Å². The summed E-state index contributed by atoms with van der Waals surface area (Å²) in [4.78, 5) is 44.0. The molecular formula is C24H20N2O4. The molecule has 2 fully saturated rings. The van der Waals surface area contributed by atoms with Gasteiger partial charge in [0.2, 0.25) is 11.8 Å². The molecule has 0 unspecified atom stereocenters. The molecule has 2 heterocycles. The number of amides is 2. The lowest BCUT2D eigenvalue weighted by molar-refractivity contribution is -0.122. The van der Waals surface area contributed by atoms with E-state index in [1.165, 1.54) is 4.90 Å². The summed E-state index contributed by atoms with van der Waals surface area (Å²) in [5.74, 6) is -0.983. The number of ether oxygens (including phenoxy) is 1. The molecule has 1 saturated heterocycles. The Bertz CT molecular complexity index is 1140. The van der Waals surface area contributed by atoms with Crippen LogP contribution in [0.1, 0.15) is 36.0 Å². The number of anilines is 1. The number of aromatic nitrogens is 1. The quantitative estimate of drug-likeness (QED) is 0.375. The van der Waals surface area contributed by atoms with E-state index in [0.29, 0.717) is 17.0 Å². The molecule has 2 aromatic carbocycles. The summed E-state index contributed by atoms with van der Waals surface area (Å²) in [6.45, 7) is 0. The van der Waals surface area contributed by atoms with Crippen molar-refractivity contribution in [1.82, 2.24) is 4.98 Å². The van der Waals surface area contributed by atoms with E-state index in [1.54, 1.807) is 42.6 Å². The molecule has 30 heavy (non-hydrogen) atoms. The van der Waals surface area contributed by atoms with Crippen molar-refractivity contribution < 1.29 is 19.1 Å². The molecule has 1 aromatic heterocycles. The third-order valence-corrected chi connectivity index (χ3v) is 5.98. The van der Waals surface area contributed by atoms with E-state index in [0.717, 1.165) is 31.1 Å². The van der Waals surface area contributed by atoms with E-state index < -0.39 is 5.97 Å². The topological polar surface area (TPSA) is 76.6 Å². The molecule has 0 N–H and O–H groups in total. The zero-order valence-electron chi connectivity index (χ0n) is 16.3. The van der Waals surface area contributed by atoms with E-state index in [9.17, 15) is 14.4 Å². The van der Waals surface area contributed by atoms with Crippen LogP contribution in [0.4, 0.5) is 5.69 Å². The summed E-state index contributed by atoms with van der Waals surface area (Å²) < 4.78 is 5.59. The third-order valence-electron chi connectivity index (χ3n) is 5.98. The highest BCUT2D eigenvalue weighted by Gasteiger charge is 2.48. The molecule has 0 radical (unpaired) electrons. The van der Waals surface area contributed by atoms with E-state index in [4.69, 9.17) is 4.74 Å². The molecule has 6 heteroatoms. The van der Waals surface area contributed by atoms with E-state index in [1.807, 2.05) is 18.2 Å². The molecule has 150 valence electrons. The molecule has 1 aliphatic heterocycles. The van der Waals surface area contributed by atoms with Gasteiger partial charge in [0.25, 0.3) is 0 Å². The van der Waals surface area contributed by atoms with Crippen molar-refractivity contribution in [2.45, 2.75) is 25.7 Å². The van der Waals surface area contributed by atoms with Gasteiger partial charge in [0.15, 0.2) is 5.75 Å². The lowest BCUT2D eigenvalue weighted by Crippen LogP contribution is -2.31. The second-order valence-corrected chi connectivity index (χ2v) is 7.78. The number of hydrogen-bond acceptors (Lipinski definition) is 5. The first-order chi connectivity index (χ1) is 14.6. The molecule has 1 aliphatic carbocycles. The van der Waals surface area contributed by atoms with Gasteiger partial charge in [-0.2, -0.15) is 0 Å². The van der Waals surface area contributed by atoms with E-state index >= 15 is 0 Å². The van der Waals surface area contributed by atoms with Crippen LogP contribution in [0.2, 0.25) is 0 Å². The number of para-hydroxylation sites is 1. The highest BCUT2D eigenvalue weighted by atomic mass is 16.5. The van der Waals surface area contributed by atoms with Gasteiger partial charge in [-0.3, -0.25) is 19.5 Å². The summed E-state index contributed by atoms with van der Waals surface area (Å²) in [5, 5.41) is 0.868. The number of hydrogen-bond donors (Lipinski definition) is 0. The standard InChI is InChI=1S/C24H20N2O4/c27-22-18-10-1-2-11-19(18)23(28)26(22)17-9-3-7-16(14-17)24(29)30-20-12-4-6-15-8-5-13-25-21(15)20/h3-9,12-14,18-19H,1-2,10-11H2/t18-,19+. The largest absolute Gasteiger partial charge is 0.421 e. The minimum absolute atomic E-state index is 0.159. The molecular weight excluding hydrogens is 380 g/mol. The number of nitrogens with zero attached hydrogens (tertiary/aromatic N) is 2. The summed E-state index contributed by atoms with van der Waals surface area (Å²) in [6.07, 6.45) is 5.09. The normalized spacial score (nSPS) is 21.0. The molecule has 5 rings (SSSR count). The van der Waals surface area contributed by atoms with Crippen LogP contribution in [-0.2, 0) is 9.59 Å². The van der Waals surface area contributed by atoms with Gasteiger partial charge in [-0.1, -0.05) is 37.1 Å². The Morgan fingerprint density at radius 1 is 0.933 bits per heavy atom. The fraction of sp³-hybridized carbons (Fsp3) is 0.250. The van der Waals surface area contributed by atoms with Crippen LogP contribution >= 0.6 is 0 Å². The van der Waals surface area contributed by atoms with Crippen molar-refractivity contribution in [2.24, 2.45) is 11.8 Å². The fourth-order valence-corrected chi connectivity index (χ4v) is 4.51. The Balaban J connectivity index is 1.43. The van der Waals surface area contributed by atoms with Crippen molar-refractivity contribution in [3.8, 4) is 5.75 Å². The number of pyridine rings is 1. The van der Waals surface area contributed by atoms with E-state index in [-0.39, 0.29) is 29.2 Å². The van der Waals surface area contributed by atoms with E-state index in [2.05, 4.69) is 4.98 Å². The number of carbonyl (C=O) groups excluding carboxylic acids is 3. The number of imide groups is 1. The van der Waals surface area contributed by atoms with Crippen molar-refractivity contribution in [2.75, 3.05) is 4.90 Å². The maximum atomic E-state index is 12.8. The van der Waals surface area contributed by atoms with Gasteiger partial charge < -0.3 is 4.74 Å². The maximum absolute atomic E-state index is 12.8. The first-order valence-corrected chi connectivity index (χ1v) is 10.2. The molecule has 2 atom stereocenters. The van der Waals surface area contributed by atoms with Gasteiger partial charge in [0, 0.05) is 11.6 Å². The third kappa shape index (κ3) is 3.05. The Morgan fingerprint density at radius 2 is 1.63 bits per heavy atom. The SMILES string of the molecule is O=C(Oc1cccc2cccnc12)c1cccc(N2C(=O)[C@H]3CCCC[C@H]3C2=O)c1. The van der Waals surface area contributed by atoms with Gasteiger partial charge in [-0.25, -0.2) is 4.79 Å². The average molecular weight is 400 g/mol. The zero-order chi connectivity index (χ0) is 20.7. The van der Waals surface area contributed by atoms with Crippen LogP contribution in [0.25, 0.3) is 10.9 Å². The van der Waals surface area contributed by atoms with Crippen molar-refractivity contribution in [3.63, 3.8) is 0 Å². The molecule has 2 amide bonds. The molecule has 3 aromatic rings. The number of rotatable bonds is 3. The Hall–Kier alpha value is -3.54. The molecule has 6 nitrogen and oxygen atoms in total. The molecule has 0 bridgehead atoms. The summed E-state index contributed by atoms with van der Waals surface area (Å²) >= 11 is 0. The molecule has 0 spiro atoms. The number of benzene rings is 2. The summed E-state index contributed by atoms with van der Waals surface area (Å²) in [5.41, 5.74) is 1.29. The van der Waals surface area contributed by atoms with Crippen LogP contribution in [0.3, 0.4) is 0 Å². The lowest BCUT2D eigenvalue weighted by Gasteiger charge is -2.19. The smallest absolute Gasteiger partial charge is 0.343 e. The predicted molar refractivity (Wildman–Crippen MR) is 111 cm³/mol. The minimum atomic E-state index is -0.563. The first kappa shape index (κ1) is 18.5. The molecule has 2 aliphatic rings. The Kier molecular flexibility index (Phi) is 4.54. The number of fused-ring (bicyclic) bond motifs is 2. The van der Waals surface area contributed by atoms with Crippen molar-refractivity contribution >= 4 is 34.4 Å². The van der Waals surface area contributed by atoms with Crippen LogP contribution in [0.15, 0.2) is 60.8 Å². The average Bonchev–Trinajstić information content (AvgIpc) is 3.04. The summed E-state index contributed by atoms with van der Waals surface area (Å²) in [7, 11) is 0. The minimum Gasteiger partial charge on any atom is -0.421 e. The lowest BCUT2D eigenvalue weighted by atomic mass is 9.81. The van der Waals surface area contributed by atoms with Crippen molar-refractivity contribution in [1.29, 1.82) is 0 Å². The second kappa shape index (κ2) is 7.37. The number of carbonyl (C=O) groups is 3. The van der Waals surface area contributed by atoms with Gasteiger partial charge >= 0.3 is 5.97 Å². The van der Waals surface area contributed by atoms with Gasteiger partial charge in [-0.15, -0.1) is 0 Å². The van der Waals surface area contributed by atoms with Crippen LogP contribution < -0.4 is 9.64 Å². The van der Waals surface area contributed by atoms with Gasteiger partial charge in [0.1, 0.15) is 5.52 Å². The molecule has 1 saturated carbocycles. The highest BCUT2D eigenvalue weighted by molar-refractivity contribution is 6.22. The summed E-state index contributed by atoms with van der Waals surface area (Å²) in [6, 6.07) is 15.6. The first-order valence-electron chi connectivity index (χ1n) is 10.2.